The zero-order valence-electron chi connectivity index (χ0n) is 10.2. The van der Waals surface area contributed by atoms with Gasteiger partial charge in [0.2, 0.25) is 0 Å². The molecule has 6 heteroatoms. The molecule has 0 aliphatic carbocycles. The van der Waals surface area contributed by atoms with Crippen LogP contribution in [0.1, 0.15) is 25.0 Å². The molecule has 0 saturated carbocycles. The first-order valence-corrected chi connectivity index (χ1v) is 5.57. The summed E-state index contributed by atoms with van der Waals surface area (Å²) in [5.74, 6) is -0.0403. The van der Waals surface area contributed by atoms with Crippen LogP contribution in [0.4, 0.5) is 13.2 Å². The second-order valence-corrected chi connectivity index (χ2v) is 4.98. The summed E-state index contributed by atoms with van der Waals surface area (Å²) in [4.78, 5) is 0. The number of hydrogen-bond donors (Lipinski definition) is 1. The molecule has 0 fully saturated rings. The highest BCUT2D eigenvalue weighted by Gasteiger charge is 2.38. The van der Waals surface area contributed by atoms with Crippen LogP contribution < -0.4 is 4.74 Å². The molecular weight excluding hydrogens is 269 g/mol. The van der Waals surface area contributed by atoms with E-state index in [4.69, 9.17) is 16.3 Å². The molecule has 0 heterocycles. The molecule has 1 aromatic rings. The minimum Gasteiger partial charge on any atom is -0.495 e. The van der Waals surface area contributed by atoms with Crippen LogP contribution in [-0.2, 0) is 11.6 Å². The number of alkyl halides is 3. The molecule has 0 aliphatic heterocycles. The molecule has 2 nitrogen and oxygen atoms in total. The molecule has 0 spiro atoms. The van der Waals surface area contributed by atoms with Crippen LogP contribution in [0.3, 0.4) is 0 Å². The third kappa shape index (κ3) is 2.90. The Hall–Kier alpha value is -0.940. The standard InChI is InChI=1S/C12H14ClF3O2/c1-11(2,6-17)7-4-9(13)10(18-3)5-8(7)12(14,15)16/h4-5,17H,6H2,1-3H3. The zero-order valence-corrected chi connectivity index (χ0v) is 11.0. The zero-order chi connectivity index (χ0) is 14.1. The lowest BCUT2D eigenvalue weighted by molar-refractivity contribution is -0.139. The number of benzene rings is 1. The second kappa shape index (κ2) is 4.97. The van der Waals surface area contributed by atoms with Crippen LogP contribution in [0.5, 0.6) is 5.75 Å². The van der Waals surface area contributed by atoms with Gasteiger partial charge in [-0.05, 0) is 17.7 Å². The fraction of sp³-hybridized carbons (Fsp3) is 0.500. The molecule has 1 aromatic carbocycles. The first kappa shape index (κ1) is 15.1. The van der Waals surface area contributed by atoms with Crippen molar-refractivity contribution in [1.29, 1.82) is 0 Å². The summed E-state index contributed by atoms with van der Waals surface area (Å²) in [6.45, 7) is 2.61. The van der Waals surface area contributed by atoms with Crippen molar-refractivity contribution in [2.45, 2.75) is 25.4 Å². The van der Waals surface area contributed by atoms with Gasteiger partial charge in [-0.15, -0.1) is 0 Å². The molecule has 0 aliphatic rings. The topological polar surface area (TPSA) is 29.5 Å². The Morgan fingerprint density at radius 1 is 1.22 bits per heavy atom. The van der Waals surface area contributed by atoms with Crippen molar-refractivity contribution in [3.63, 3.8) is 0 Å². The fourth-order valence-electron chi connectivity index (χ4n) is 1.59. The molecular formula is C12H14ClF3O2. The van der Waals surface area contributed by atoms with Crippen LogP contribution in [0.2, 0.25) is 5.02 Å². The predicted molar refractivity (Wildman–Crippen MR) is 63.1 cm³/mol. The Balaban J connectivity index is 3.55. The van der Waals surface area contributed by atoms with Gasteiger partial charge in [0, 0.05) is 5.41 Å². The van der Waals surface area contributed by atoms with Gasteiger partial charge in [-0.1, -0.05) is 25.4 Å². The molecule has 0 bridgehead atoms. The van der Waals surface area contributed by atoms with E-state index >= 15 is 0 Å². The second-order valence-electron chi connectivity index (χ2n) is 4.57. The Morgan fingerprint density at radius 2 is 1.78 bits per heavy atom. The Bertz CT molecular complexity index is 442. The maximum atomic E-state index is 13.0. The van der Waals surface area contributed by atoms with E-state index in [1.807, 2.05) is 0 Å². The summed E-state index contributed by atoms with van der Waals surface area (Å²) in [6, 6.07) is 2.05. The number of aliphatic hydroxyl groups excluding tert-OH is 1. The third-order valence-corrected chi connectivity index (χ3v) is 3.02. The lowest BCUT2D eigenvalue weighted by Crippen LogP contribution is -2.26. The van der Waals surface area contributed by atoms with Gasteiger partial charge < -0.3 is 9.84 Å². The van der Waals surface area contributed by atoms with Crippen molar-refractivity contribution in [3.8, 4) is 5.75 Å². The quantitative estimate of drug-likeness (QED) is 0.917. The summed E-state index contributed by atoms with van der Waals surface area (Å²) in [7, 11) is 1.25. The fourth-order valence-corrected chi connectivity index (χ4v) is 1.83. The van der Waals surface area contributed by atoms with Gasteiger partial charge in [-0.25, -0.2) is 0 Å². The Morgan fingerprint density at radius 3 is 2.17 bits per heavy atom. The highest BCUT2D eigenvalue weighted by molar-refractivity contribution is 6.32. The Kier molecular flexibility index (Phi) is 4.18. The van der Waals surface area contributed by atoms with Gasteiger partial charge in [-0.2, -0.15) is 13.2 Å². The first-order valence-electron chi connectivity index (χ1n) is 5.19. The molecule has 1 rings (SSSR count). The number of halogens is 4. The summed E-state index contributed by atoms with van der Waals surface area (Å²) in [6.07, 6.45) is -4.53. The summed E-state index contributed by atoms with van der Waals surface area (Å²) in [5.41, 5.74) is -1.94. The van der Waals surface area contributed by atoms with Crippen molar-refractivity contribution in [2.75, 3.05) is 13.7 Å². The minimum atomic E-state index is -4.53. The monoisotopic (exact) mass is 282 g/mol. The normalized spacial score (nSPS) is 12.7. The van der Waals surface area contributed by atoms with Crippen molar-refractivity contribution < 1.29 is 23.0 Å². The number of ether oxygens (including phenoxy) is 1. The maximum absolute atomic E-state index is 13.0. The van der Waals surface area contributed by atoms with E-state index in [0.717, 1.165) is 6.07 Å². The summed E-state index contributed by atoms with van der Waals surface area (Å²) in [5, 5.41) is 9.30. The van der Waals surface area contributed by atoms with E-state index in [9.17, 15) is 18.3 Å². The van der Waals surface area contributed by atoms with Gasteiger partial charge in [0.1, 0.15) is 5.75 Å². The number of rotatable bonds is 3. The molecule has 1 N–H and O–H groups in total. The molecule has 0 unspecified atom stereocenters. The van der Waals surface area contributed by atoms with Crippen molar-refractivity contribution in [3.05, 3.63) is 28.3 Å². The van der Waals surface area contributed by atoms with Gasteiger partial charge >= 0.3 is 6.18 Å². The molecule has 0 atom stereocenters. The molecule has 0 aromatic heterocycles. The molecule has 0 saturated heterocycles. The lowest BCUT2D eigenvalue weighted by atomic mass is 9.82. The van der Waals surface area contributed by atoms with Crippen LogP contribution >= 0.6 is 11.6 Å². The van der Waals surface area contributed by atoms with Crippen LogP contribution in [0, 0.1) is 0 Å². The van der Waals surface area contributed by atoms with Gasteiger partial charge in [0.25, 0.3) is 0 Å². The molecule has 102 valence electrons. The van der Waals surface area contributed by atoms with Gasteiger partial charge in [0.05, 0.1) is 24.3 Å². The van der Waals surface area contributed by atoms with E-state index in [1.165, 1.54) is 27.0 Å². The van der Waals surface area contributed by atoms with Crippen molar-refractivity contribution in [2.24, 2.45) is 0 Å². The van der Waals surface area contributed by atoms with E-state index in [1.54, 1.807) is 0 Å². The molecule has 0 radical (unpaired) electrons. The molecule has 0 amide bonds. The van der Waals surface area contributed by atoms with Crippen LogP contribution in [0.25, 0.3) is 0 Å². The largest absolute Gasteiger partial charge is 0.495 e. The van der Waals surface area contributed by atoms with Crippen molar-refractivity contribution >= 4 is 11.6 Å². The molecule has 18 heavy (non-hydrogen) atoms. The number of methoxy groups -OCH3 is 1. The van der Waals surface area contributed by atoms with E-state index in [0.29, 0.717) is 0 Å². The average molecular weight is 283 g/mol. The van der Waals surface area contributed by atoms with Gasteiger partial charge in [-0.3, -0.25) is 0 Å². The lowest BCUT2D eigenvalue weighted by Gasteiger charge is -2.27. The van der Waals surface area contributed by atoms with E-state index in [2.05, 4.69) is 0 Å². The Labute approximate surface area is 108 Å². The smallest absolute Gasteiger partial charge is 0.416 e. The highest BCUT2D eigenvalue weighted by atomic mass is 35.5. The first-order chi connectivity index (χ1) is 8.13. The van der Waals surface area contributed by atoms with Crippen LogP contribution in [0.15, 0.2) is 12.1 Å². The third-order valence-electron chi connectivity index (χ3n) is 2.72. The number of hydrogen-bond acceptors (Lipinski definition) is 2. The summed E-state index contributed by atoms with van der Waals surface area (Å²) < 4.78 is 43.7. The van der Waals surface area contributed by atoms with Gasteiger partial charge in [0.15, 0.2) is 0 Å². The highest BCUT2D eigenvalue weighted by Crippen LogP contribution is 2.42. The SMILES string of the molecule is COc1cc(C(F)(F)F)c(C(C)(C)CO)cc1Cl. The number of aliphatic hydroxyl groups is 1. The van der Waals surface area contributed by atoms with Crippen molar-refractivity contribution in [1.82, 2.24) is 0 Å². The van der Waals surface area contributed by atoms with Crippen LogP contribution in [-0.4, -0.2) is 18.8 Å². The van der Waals surface area contributed by atoms with E-state index in [-0.39, 0.29) is 16.3 Å². The maximum Gasteiger partial charge on any atom is 0.416 e. The van der Waals surface area contributed by atoms with E-state index < -0.39 is 23.8 Å². The summed E-state index contributed by atoms with van der Waals surface area (Å²) >= 11 is 5.84. The minimum absolute atomic E-state index is 0.0403. The average Bonchev–Trinajstić information content (AvgIpc) is 2.27. The predicted octanol–water partition coefficient (Wildman–Crippen LogP) is 3.64.